The molecule has 2 heterocycles. The van der Waals surface area contributed by atoms with Crippen molar-refractivity contribution in [3.63, 3.8) is 0 Å². The number of rotatable bonds is 1. The normalized spacial score (nSPS) is 16.6. The van der Waals surface area contributed by atoms with Crippen LogP contribution in [0.5, 0.6) is 0 Å². The number of oxazole rings is 1. The maximum atomic E-state index is 12.5. The third kappa shape index (κ3) is 1.92. The molecule has 6 nitrogen and oxygen atoms in total. The van der Waals surface area contributed by atoms with Gasteiger partial charge in [0.1, 0.15) is 0 Å². The second-order valence-corrected chi connectivity index (χ2v) is 5.27. The molecule has 6 heteroatoms. The van der Waals surface area contributed by atoms with Gasteiger partial charge in [0.2, 0.25) is 0 Å². The van der Waals surface area contributed by atoms with Crippen molar-refractivity contribution in [2.75, 3.05) is 0 Å². The van der Waals surface area contributed by atoms with Crippen LogP contribution in [-0.2, 0) is 6.42 Å². The number of aryl methyl sites for hydroxylation is 1. The smallest absolute Gasteiger partial charge is 0.406 e. The van der Waals surface area contributed by atoms with E-state index in [9.17, 15) is 9.59 Å². The highest BCUT2D eigenvalue weighted by molar-refractivity contribution is 5.86. The number of carbonyl (C=O) groups excluding carboxylic acids is 1. The summed E-state index contributed by atoms with van der Waals surface area (Å²) in [5, 5.41) is 2.89. The van der Waals surface area contributed by atoms with E-state index in [1.54, 1.807) is 12.1 Å². The molecule has 110 valence electrons. The Bertz CT molecular complexity index is 926. The van der Waals surface area contributed by atoms with E-state index < -0.39 is 11.8 Å². The first-order valence-electron chi connectivity index (χ1n) is 7.09. The number of pyridine rings is 1. The van der Waals surface area contributed by atoms with Crippen LogP contribution in [0.1, 0.15) is 23.6 Å². The standard InChI is InChI=1S/C16H13N3O3/c20-15(18-12-8-7-10-4-1-2-5-11(10)12)19-14-13(22-16(19)21)6-3-9-17-14/h1-6,9,12H,7-8H2,(H,18,20)/t12-/m0/s1. The molecule has 3 aromatic rings. The number of hydrogen-bond donors (Lipinski definition) is 1. The van der Waals surface area contributed by atoms with E-state index in [2.05, 4.69) is 16.4 Å². The Hall–Kier alpha value is -2.89. The number of carbonyl (C=O) groups is 1. The molecular formula is C16H13N3O3. The van der Waals surface area contributed by atoms with Gasteiger partial charge in [0.15, 0.2) is 11.2 Å². The third-order valence-corrected chi connectivity index (χ3v) is 3.98. The first kappa shape index (κ1) is 12.8. The molecule has 0 saturated heterocycles. The summed E-state index contributed by atoms with van der Waals surface area (Å²) in [5.74, 6) is -0.725. The molecule has 1 aliphatic carbocycles. The number of fused-ring (bicyclic) bond motifs is 2. The van der Waals surface area contributed by atoms with Crippen LogP contribution in [0, 0.1) is 0 Å². The number of aromatic nitrogens is 2. The van der Waals surface area contributed by atoms with E-state index in [1.165, 1.54) is 11.8 Å². The summed E-state index contributed by atoms with van der Waals surface area (Å²) in [5.41, 5.74) is 2.87. The molecule has 1 aromatic carbocycles. The molecule has 0 radical (unpaired) electrons. The Morgan fingerprint density at radius 3 is 3.05 bits per heavy atom. The summed E-state index contributed by atoms with van der Waals surface area (Å²) in [6, 6.07) is 10.7. The summed E-state index contributed by atoms with van der Waals surface area (Å²) in [6.45, 7) is 0. The molecule has 1 N–H and O–H groups in total. The second kappa shape index (κ2) is 4.84. The Kier molecular flexibility index (Phi) is 2.82. The lowest BCUT2D eigenvalue weighted by atomic mass is 10.1. The average Bonchev–Trinajstić information content (AvgIpc) is 3.07. The van der Waals surface area contributed by atoms with Crippen LogP contribution >= 0.6 is 0 Å². The van der Waals surface area contributed by atoms with Crippen LogP contribution in [0.4, 0.5) is 4.79 Å². The minimum absolute atomic E-state index is 0.0933. The zero-order valence-corrected chi connectivity index (χ0v) is 11.7. The van der Waals surface area contributed by atoms with E-state index >= 15 is 0 Å². The van der Waals surface area contributed by atoms with Gasteiger partial charge in [-0.15, -0.1) is 0 Å². The van der Waals surface area contributed by atoms with Crippen molar-refractivity contribution in [3.8, 4) is 0 Å². The van der Waals surface area contributed by atoms with E-state index in [0.29, 0.717) is 5.58 Å². The Morgan fingerprint density at radius 1 is 1.27 bits per heavy atom. The molecular weight excluding hydrogens is 282 g/mol. The van der Waals surface area contributed by atoms with Crippen LogP contribution in [0.3, 0.4) is 0 Å². The first-order valence-corrected chi connectivity index (χ1v) is 7.09. The van der Waals surface area contributed by atoms with Crippen LogP contribution in [-0.4, -0.2) is 15.6 Å². The Morgan fingerprint density at radius 2 is 2.14 bits per heavy atom. The topological polar surface area (TPSA) is 77.1 Å². The van der Waals surface area contributed by atoms with E-state index in [-0.39, 0.29) is 11.7 Å². The fraction of sp³-hybridized carbons (Fsp3) is 0.188. The molecule has 0 fully saturated rings. The fourth-order valence-corrected chi connectivity index (χ4v) is 2.96. The van der Waals surface area contributed by atoms with Gasteiger partial charge >= 0.3 is 11.8 Å². The number of amides is 1. The molecule has 1 atom stereocenters. The van der Waals surface area contributed by atoms with Gasteiger partial charge in [-0.25, -0.2) is 14.6 Å². The summed E-state index contributed by atoms with van der Waals surface area (Å²) in [6.07, 6.45) is 3.26. The van der Waals surface area contributed by atoms with Crippen LogP contribution in [0.2, 0.25) is 0 Å². The number of benzene rings is 1. The second-order valence-electron chi connectivity index (χ2n) is 5.27. The van der Waals surface area contributed by atoms with Crippen molar-refractivity contribution in [2.45, 2.75) is 18.9 Å². The lowest BCUT2D eigenvalue weighted by Crippen LogP contribution is -2.36. The Balaban J connectivity index is 1.68. The van der Waals surface area contributed by atoms with Gasteiger partial charge in [0.25, 0.3) is 0 Å². The van der Waals surface area contributed by atoms with Gasteiger partial charge in [-0.2, -0.15) is 4.57 Å². The van der Waals surface area contributed by atoms with Crippen LogP contribution in [0.25, 0.3) is 11.2 Å². The lowest BCUT2D eigenvalue weighted by molar-refractivity contribution is 0.237. The molecule has 1 amide bonds. The van der Waals surface area contributed by atoms with Crippen molar-refractivity contribution in [1.82, 2.24) is 14.9 Å². The van der Waals surface area contributed by atoms with Crippen molar-refractivity contribution >= 4 is 17.3 Å². The van der Waals surface area contributed by atoms with Crippen molar-refractivity contribution < 1.29 is 9.21 Å². The monoisotopic (exact) mass is 295 g/mol. The van der Waals surface area contributed by atoms with Crippen molar-refractivity contribution in [3.05, 3.63) is 64.3 Å². The quantitative estimate of drug-likeness (QED) is 0.747. The number of nitrogens with one attached hydrogen (secondary N) is 1. The molecule has 0 unspecified atom stereocenters. The fourth-order valence-electron chi connectivity index (χ4n) is 2.96. The summed E-state index contributed by atoms with van der Waals surface area (Å²) in [7, 11) is 0. The molecule has 0 saturated carbocycles. The highest BCUT2D eigenvalue weighted by Crippen LogP contribution is 2.30. The Labute approximate surface area is 125 Å². The molecule has 22 heavy (non-hydrogen) atoms. The summed E-state index contributed by atoms with van der Waals surface area (Å²) >= 11 is 0. The minimum Gasteiger partial charge on any atom is -0.406 e. The maximum absolute atomic E-state index is 12.5. The lowest BCUT2D eigenvalue weighted by Gasteiger charge is -2.13. The van der Waals surface area contributed by atoms with Crippen molar-refractivity contribution in [1.29, 1.82) is 0 Å². The first-order chi connectivity index (χ1) is 10.7. The minimum atomic E-state index is -0.725. The van der Waals surface area contributed by atoms with Gasteiger partial charge in [-0.1, -0.05) is 24.3 Å². The van der Waals surface area contributed by atoms with Crippen molar-refractivity contribution in [2.24, 2.45) is 0 Å². The SMILES string of the molecule is O=C(N[C@H]1CCc2ccccc21)n1c(=O)oc2cccnc21. The molecule has 0 aliphatic heterocycles. The molecule has 0 bridgehead atoms. The van der Waals surface area contributed by atoms with E-state index in [4.69, 9.17) is 4.42 Å². The molecule has 1 aliphatic rings. The molecule has 0 spiro atoms. The van der Waals surface area contributed by atoms with Gasteiger partial charge in [0.05, 0.1) is 6.04 Å². The highest BCUT2D eigenvalue weighted by Gasteiger charge is 2.26. The average molecular weight is 295 g/mol. The van der Waals surface area contributed by atoms with Crippen LogP contribution in [0.15, 0.2) is 51.8 Å². The molecule has 4 rings (SSSR count). The van der Waals surface area contributed by atoms with Gasteiger partial charge in [-0.05, 0) is 36.1 Å². The van der Waals surface area contributed by atoms with Gasteiger partial charge in [0, 0.05) is 6.20 Å². The van der Waals surface area contributed by atoms with Gasteiger partial charge < -0.3 is 9.73 Å². The summed E-state index contributed by atoms with van der Waals surface area (Å²) < 4.78 is 5.98. The third-order valence-electron chi connectivity index (χ3n) is 3.98. The highest BCUT2D eigenvalue weighted by atomic mass is 16.4. The number of nitrogens with zero attached hydrogens (tertiary/aromatic N) is 2. The van der Waals surface area contributed by atoms with E-state index in [0.717, 1.165) is 23.0 Å². The van der Waals surface area contributed by atoms with Crippen LogP contribution < -0.4 is 11.1 Å². The zero-order chi connectivity index (χ0) is 15.1. The maximum Gasteiger partial charge on any atom is 0.429 e. The van der Waals surface area contributed by atoms with E-state index in [1.807, 2.05) is 18.2 Å². The van der Waals surface area contributed by atoms with Gasteiger partial charge in [-0.3, -0.25) is 0 Å². The predicted molar refractivity (Wildman–Crippen MR) is 79.7 cm³/mol. The molecule has 2 aromatic heterocycles. The predicted octanol–water partition coefficient (Wildman–Crippen LogP) is 2.23. The zero-order valence-electron chi connectivity index (χ0n) is 11.7. The summed E-state index contributed by atoms with van der Waals surface area (Å²) in [4.78, 5) is 28.4. The number of hydrogen-bond acceptors (Lipinski definition) is 4. The largest absolute Gasteiger partial charge is 0.429 e.